The molecular formula is C30H35Cl2N3O4S. The third kappa shape index (κ3) is 8.98. The standard InChI is InChI=1S/C30H35Cl2N3O4S/c1-21-10-9-13-23(16-21)19-34(27(29(37)33-30(2,3)4)17-22-11-7-6-8-12-22)28(36)20-35(40(5,38)39)26-15-14-24(31)18-25(26)32/h6-16,18,27H,17,19-20H2,1-5H3,(H,33,37)/t27-/m1/s1. The lowest BCUT2D eigenvalue weighted by atomic mass is 10.0. The van der Waals surface area contributed by atoms with Crippen molar-refractivity contribution in [3.63, 3.8) is 0 Å². The van der Waals surface area contributed by atoms with Crippen LogP contribution >= 0.6 is 23.2 Å². The maximum Gasteiger partial charge on any atom is 0.244 e. The Balaban J connectivity index is 2.09. The van der Waals surface area contributed by atoms with Gasteiger partial charge in [0.05, 0.1) is 17.0 Å². The molecule has 3 rings (SSSR count). The highest BCUT2D eigenvalue weighted by molar-refractivity contribution is 7.92. The van der Waals surface area contributed by atoms with E-state index in [1.807, 2.05) is 82.3 Å². The van der Waals surface area contributed by atoms with Crippen molar-refractivity contribution < 1.29 is 18.0 Å². The number of nitrogens with zero attached hydrogens (tertiary/aromatic N) is 2. The highest BCUT2D eigenvalue weighted by atomic mass is 35.5. The summed E-state index contributed by atoms with van der Waals surface area (Å²) in [6.45, 7) is 7.08. The third-order valence-corrected chi connectivity index (χ3v) is 7.73. The Morgan fingerprint density at radius 3 is 2.15 bits per heavy atom. The number of carbonyl (C=O) groups is 2. The second-order valence-corrected chi connectivity index (χ2v) is 13.6. The summed E-state index contributed by atoms with van der Waals surface area (Å²) in [6, 6.07) is 20.5. The zero-order valence-corrected chi connectivity index (χ0v) is 25.6. The number of amides is 2. The van der Waals surface area contributed by atoms with Crippen LogP contribution in [-0.2, 0) is 32.6 Å². The summed E-state index contributed by atoms with van der Waals surface area (Å²) in [7, 11) is -3.94. The van der Waals surface area contributed by atoms with Crippen LogP contribution in [0.15, 0.2) is 72.8 Å². The molecule has 214 valence electrons. The summed E-state index contributed by atoms with van der Waals surface area (Å²) in [5, 5.41) is 3.42. The van der Waals surface area contributed by atoms with Crippen molar-refractivity contribution in [2.75, 3.05) is 17.1 Å². The van der Waals surface area contributed by atoms with Gasteiger partial charge >= 0.3 is 0 Å². The van der Waals surface area contributed by atoms with E-state index in [2.05, 4.69) is 5.32 Å². The lowest BCUT2D eigenvalue weighted by Gasteiger charge is -2.35. The van der Waals surface area contributed by atoms with Crippen LogP contribution in [0.3, 0.4) is 0 Å². The molecule has 0 saturated carbocycles. The summed E-state index contributed by atoms with van der Waals surface area (Å²) >= 11 is 12.4. The van der Waals surface area contributed by atoms with Crippen molar-refractivity contribution >= 4 is 50.7 Å². The van der Waals surface area contributed by atoms with Gasteiger partial charge in [0.15, 0.2) is 0 Å². The first-order valence-corrected chi connectivity index (χ1v) is 15.4. The molecule has 0 spiro atoms. The van der Waals surface area contributed by atoms with E-state index in [4.69, 9.17) is 23.2 Å². The number of hydrogen-bond donors (Lipinski definition) is 1. The van der Waals surface area contributed by atoms with E-state index >= 15 is 0 Å². The summed E-state index contributed by atoms with van der Waals surface area (Å²) in [5.74, 6) is -0.893. The van der Waals surface area contributed by atoms with Gasteiger partial charge in [0, 0.05) is 23.5 Å². The number of sulfonamides is 1. The van der Waals surface area contributed by atoms with Gasteiger partial charge in [-0.05, 0) is 57.0 Å². The molecule has 3 aromatic carbocycles. The number of hydrogen-bond acceptors (Lipinski definition) is 4. The molecule has 0 aromatic heterocycles. The number of carbonyl (C=O) groups excluding carboxylic acids is 2. The molecule has 2 amide bonds. The normalized spacial score (nSPS) is 12.5. The molecule has 0 heterocycles. The predicted molar refractivity (Wildman–Crippen MR) is 162 cm³/mol. The Bertz CT molecular complexity index is 1460. The summed E-state index contributed by atoms with van der Waals surface area (Å²) in [4.78, 5) is 29.3. The Morgan fingerprint density at radius 1 is 0.925 bits per heavy atom. The smallest absolute Gasteiger partial charge is 0.244 e. The zero-order valence-electron chi connectivity index (χ0n) is 23.3. The number of rotatable bonds is 10. The molecule has 0 aliphatic carbocycles. The molecule has 40 heavy (non-hydrogen) atoms. The molecular weight excluding hydrogens is 569 g/mol. The number of aryl methyl sites for hydroxylation is 1. The molecule has 0 aliphatic heterocycles. The molecule has 0 unspecified atom stereocenters. The van der Waals surface area contributed by atoms with E-state index in [1.54, 1.807) is 0 Å². The first-order chi connectivity index (χ1) is 18.6. The number of benzene rings is 3. The first kappa shape index (κ1) is 31.5. The second kappa shape index (κ2) is 13.1. The molecule has 0 radical (unpaired) electrons. The lowest BCUT2D eigenvalue weighted by molar-refractivity contribution is -0.140. The van der Waals surface area contributed by atoms with Crippen LogP contribution in [0.1, 0.15) is 37.5 Å². The van der Waals surface area contributed by atoms with Crippen LogP contribution in [0.4, 0.5) is 5.69 Å². The molecule has 0 fully saturated rings. The van der Waals surface area contributed by atoms with E-state index < -0.39 is 34.1 Å². The number of nitrogens with one attached hydrogen (secondary N) is 1. The van der Waals surface area contributed by atoms with Gasteiger partial charge in [0.2, 0.25) is 21.8 Å². The lowest BCUT2D eigenvalue weighted by Crippen LogP contribution is -2.56. The van der Waals surface area contributed by atoms with Gasteiger partial charge in [0.1, 0.15) is 12.6 Å². The van der Waals surface area contributed by atoms with E-state index in [0.29, 0.717) is 5.02 Å². The maximum atomic E-state index is 14.1. The average Bonchev–Trinajstić information content (AvgIpc) is 2.84. The minimum absolute atomic E-state index is 0.0854. The highest BCUT2D eigenvalue weighted by Crippen LogP contribution is 2.30. The maximum absolute atomic E-state index is 14.1. The van der Waals surface area contributed by atoms with Gasteiger partial charge < -0.3 is 10.2 Å². The Hall–Kier alpha value is -3.07. The topological polar surface area (TPSA) is 86.8 Å². The second-order valence-electron chi connectivity index (χ2n) is 10.8. The molecule has 1 atom stereocenters. The van der Waals surface area contributed by atoms with Crippen LogP contribution in [-0.4, -0.2) is 49.5 Å². The van der Waals surface area contributed by atoms with E-state index in [0.717, 1.165) is 27.3 Å². The largest absolute Gasteiger partial charge is 0.350 e. The molecule has 0 bridgehead atoms. The number of anilines is 1. The zero-order chi connectivity index (χ0) is 29.7. The van der Waals surface area contributed by atoms with Gasteiger partial charge in [-0.2, -0.15) is 0 Å². The van der Waals surface area contributed by atoms with E-state index in [1.165, 1.54) is 23.1 Å². The van der Waals surface area contributed by atoms with Gasteiger partial charge in [-0.15, -0.1) is 0 Å². The minimum atomic E-state index is -3.94. The molecule has 10 heteroatoms. The van der Waals surface area contributed by atoms with Crippen molar-refractivity contribution in [1.29, 1.82) is 0 Å². The van der Waals surface area contributed by atoms with Crippen molar-refractivity contribution in [2.45, 2.75) is 52.2 Å². The number of halogens is 2. The fourth-order valence-corrected chi connectivity index (χ4v) is 5.71. The van der Waals surface area contributed by atoms with Gasteiger partial charge in [-0.25, -0.2) is 8.42 Å². The van der Waals surface area contributed by atoms with Crippen LogP contribution in [0.2, 0.25) is 10.0 Å². The van der Waals surface area contributed by atoms with Crippen LogP contribution in [0.25, 0.3) is 0 Å². The third-order valence-electron chi connectivity index (χ3n) is 6.06. The summed E-state index contributed by atoms with van der Waals surface area (Å²) < 4.78 is 26.7. The van der Waals surface area contributed by atoms with Crippen LogP contribution in [0.5, 0.6) is 0 Å². The molecule has 0 saturated heterocycles. The van der Waals surface area contributed by atoms with Crippen LogP contribution < -0.4 is 9.62 Å². The van der Waals surface area contributed by atoms with Gasteiger partial charge in [-0.3, -0.25) is 13.9 Å². The SMILES string of the molecule is Cc1cccc(CN(C(=O)CN(c2ccc(Cl)cc2Cl)S(C)(=O)=O)[C@H](Cc2ccccc2)C(=O)NC(C)(C)C)c1. The molecule has 7 nitrogen and oxygen atoms in total. The van der Waals surface area contributed by atoms with Crippen molar-refractivity contribution in [2.24, 2.45) is 0 Å². The molecule has 3 aromatic rings. The highest BCUT2D eigenvalue weighted by Gasteiger charge is 2.34. The Morgan fingerprint density at radius 2 is 1.57 bits per heavy atom. The average molecular weight is 605 g/mol. The molecule has 1 N–H and O–H groups in total. The van der Waals surface area contributed by atoms with Gasteiger partial charge in [0.25, 0.3) is 0 Å². The summed E-state index contributed by atoms with van der Waals surface area (Å²) in [5.41, 5.74) is 2.23. The fraction of sp³-hybridized carbons (Fsp3) is 0.333. The quantitative estimate of drug-likeness (QED) is 0.326. The van der Waals surface area contributed by atoms with E-state index in [-0.39, 0.29) is 29.6 Å². The predicted octanol–water partition coefficient (Wildman–Crippen LogP) is 5.62. The van der Waals surface area contributed by atoms with Crippen LogP contribution in [0, 0.1) is 6.92 Å². The molecule has 0 aliphatic rings. The minimum Gasteiger partial charge on any atom is -0.350 e. The Labute approximate surface area is 247 Å². The van der Waals surface area contributed by atoms with Crippen molar-refractivity contribution in [1.82, 2.24) is 10.2 Å². The Kier molecular flexibility index (Phi) is 10.3. The van der Waals surface area contributed by atoms with Crippen molar-refractivity contribution in [3.8, 4) is 0 Å². The first-order valence-electron chi connectivity index (χ1n) is 12.8. The van der Waals surface area contributed by atoms with Gasteiger partial charge in [-0.1, -0.05) is 83.4 Å². The summed E-state index contributed by atoms with van der Waals surface area (Å²) in [6.07, 6.45) is 1.24. The monoisotopic (exact) mass is 603 g/mol. The van der Waals surface area contributed by atoms with Crippen molar-refractivity contribution in [3.05, 3.63) is 99.5 Å². The fourth-order valence-electron chi connectivity index (χ4n) is 4.29. The van der Waals surface area contributed by atoms with E-state index in [9.17, 15) is 18.0 Å².